The van der Waals surface area contributed by atoms with Crippen molar-refractivity contribution < 1.29 is 19.4 Å². The molecule has 4 aromatic rings. The highest BCUT2D eigenvalue weighted by molar-refractivity contribution is 5.94. The topological polar surface area (TPSA) is 294 Å². The maximum absolute atomic E-state index is 5.86. The second-order valence-corrected chi connectivity index (χ2v) is 12.8. The van der Waals surface area contributed by atoms with E-state index < -0.39 is 0 Å². The third-order valence-corrected chi connectivity index (χ3v) is 6.75. The average molecular weight is 771 g/mol. The van der Waals surface area contributed by atoms with Crippen LogP contribution in [0.25, 0.3) is 0 Å². The molecule has 8 N–H and O–H groups in total. The Bertz CT molecular complexity index is 1880. The Kier molecular flexibility index (Phi) is 16.4. The molecular weight excluding hydrogens is 721 g/mol. The highest BCUT2D eigenvalue weighted by Gasteiger charge is 2.10. The first-order valence-electron chi connectivity index (χ1n) is 17.3. The first kappa shape index (κ1) is 43.5. The number of aromatic nitrogens is 8. The van der Waals surface area contributed by atoms with Crippen molar-refractivity contribution in [2.24, 2.45) is 49.5 Å². The molecule has 4 heterocycles. The van der Waals surface area contributed by atoms with Crippen LogP contribution >= 0.6 is 0 Å². The van der Waals surface area contributed by atoms with E-state index in [1.165, 1.54) is 0 Å². The van der Waals surface area contributed by atoms with Gasteiger partial charge in [-0.05, 0) is 79.7 Å². The van der Waals surface area contributed by atoms with Crippen molar-refractivity contribution in [2.45, 2.75) is 62.3 Å². The summed E-state index contributed by atoms with van der Waals surface area (Å²) < 4.78 is 0. The molecule has 0 aliphatic heterocycles. The van der Waals surface area contributed by atoms with Crippen molar-refractivity contribution >= 4 is 23.3 Å². The van der Waals surface area contributed by atoms with Gasteiger partial charge in [-0.1, -0.05) is 34.1 Å². The predicted octanol–water partition coefficient (Wildman–Crippen LogP) is 2.14. The Morgan fingerprint density at radius 3 is 0.911 bits per heavy atom. The lowest BCUT2D eigenvalue weighted by Gasteiger charge is -2.09. The molecule has 0 fully saturated rings. The van der Waals surface area contributed by atoms with Crippen molar-refractivity contribution in [3.63, 3.8) is 0 Å². The smallest absolute Gasteiger partial charge is 0.208 e. The molecule has 0 atom stereocenters. The van der Waals surface area contributed by atoms with Gasteiger partial charge in [0.25, 0.3) is 0 Å². The van der Waals surface area contributed by atoms with Crippen LogP contribution in [0.2, 0.25) is 0 Å². The Labute approximate surface area is 325 Å². The molecule has 0 spiro atoms. The first-order valence-corrected chi connectivity index (χ1v) is 17.3. The summed E-state index contributed by atoms with van der Waals surface area (Å²) in [6, 6.07) is 7.39. The molecule has 298 valence electrons. The van der Waals surface area contributed by atoms with Gasteiger partial charge in [0.05, 0.1) is 0 Å². The van der Waals surface area contributed by atoms with Crippen LogP contribution in [0, 0.1) is 61.3 Å². The van der Waals surface area contributed by atoms with E-state index in [1.54, 1.807) is 0 Å². The summed E-state index contributed by atoms with van der Waals surface area (Å²) in [6.45, 7) is 21.3. The minimum atomic E-state index is -0.00609. The molecule has 0 aliphatic rings. The SMILES string of the molecule is C=C(CO/N=C(\N)c1nc(C)cc(C)n1)CO/N=C(\N)c1nc(C)cc(C)n1.Cc1cc(C)nc(/C(N)=N/OCC(C)CO/N=C(\N)c2nc(C)cc(C)n2)n1. The van der Waals surface area contributed by atoms with Crippen molar-refractivity contribution in [3.8, 4) is 0 Å². The number of hydrogen-bond donors (Lipinski definition) is 4. The minimum absolute atomic E-state index is 0.00609. The summed E-state index contributed by atoms with van der Waals surface area (Å²) in [4.78, 5) is 54.6. The molecule has 0 aliphatic carbocycles. The van der Waals surface area contributed by atoms with Gasteiger partial charge in [0.1, 0.15) is 26.4 Å². The Balaban J connectivity index is 0.000000300. The van der Waals surface area contributed by atoms with Gasteiger partial charge in [-0.25, -0.2) is 39.9 Å². The largest absolute Gasteiger partial charge is 0.394 e. The van der Waals surface area contributed by atoms with E-state index in [0.29, 0.717) is 28.9 Å². The van der Waals surface area contributed by atoms with Gasteiger partial charge < -0.3 is 42.3 Å². The molecule has 0 bridgehead atoms. The van der Waals surface area contributed by atoms with Crippen LogP contribution in [-0.2, 0) is 19.4 Å². The quantitative estimate of drug-likeness (QED) is 0.0549. The van der Waals surface area contributed by atoms with Gasteiger partial charge in [-0.3, -0.25) is 0 Å². The van der Waals surface area contributed by atoms with Crippen LogP contribution < -0.4 is 22.9 Å². The van der Waals surface area contributed by atoms with Crippen molar-refractivity contribution in [2.75, 3.05) is 26.4 Å². The van der Waals surface area contributed by atoms with Gasteiger partial charge in [0.15, 0.2) is 23.3 Å². The zero-order chi connectivity index (χ0) is 41.4. The van der Waals surface area contributed by atoms with Crippen LogP contribution in [0.5, 0.6) is 0 Å². The monoisotopic (exact) mass is 770 g/mol. The molecule has 20 nitrogen and oxygen atoms in total. The number of rotatable bonds is 16. The first-order chi connectivity index (χ1) is 26.5. The molecule has 0 aromatic carbocycles. The number of hydrogen-bond acceptors (Lipinski definition) is 16. The van der Waals surface area contributed by atoms with E-state index in [9.17, 15) is 0 Å². The number of amidine groups is 4. The summed E-state index contributed by atoms with van der Waals surface area (Å²) in [5, 5.41) is 15.3. The van der Waals surface area contributed by atoms with Crippen LogP contribution in [0.3, 0.4) is 0 Å². The fourth-order valence-corrected chi connectivity index (χ4v) is 4.47. The molecule has 4 rings (SSSR count). The highest BCUT2D eigenvalue weighted by atomic mass is 16.6. The standard InChI is InChI=1S/C18H26N8O2.C18H24N8O2/c2*1-10(8-27-25-15(19)17-21-11(2)6-12(3)22-17)9-28-26-16(20)18-23-13(4)7-14(5)24-18/h6-7,10H,8-9H2,1-5H3,(H2,19,25)(H2,20,26);6-7H,1,8-9H2,2-5H3,(H2,19,25)(H2,20,26). The summed E-state index contributed by atoms with van der Waals surface area (Å²) >= 11 is 0. The minimum Gasteiger partial charge on any atom is -0.394 e. The third kappa shape index (κ3) is 15.2. The Morgan fingerprint density at radius 1 is 0.464 bits per heavy atom. The summed E-state index contributed by atoms with van der Waals surface area (Å²) in [7, 11) is 0. The summed E-state index contributed by atoms with van der Waals surface area (Å²) in [5.41, 5.74) is 30.4. The average Bonchev–Trinajstić information content (AvgIpc) is 3.10. The highest BCUT2D eigenvalue weighted by Crippen LogP contribution is 2.05. The zero-order valence-electron chi connectivity index (χ0n) is 33.2. The van der Waals surface area contributed by atoms with Crippen LogP contribution in [0.1, 0.15) is 75.8 Å². The third-order valence-electron chi connectivity index (χ3n) is 6.75. The molecule has 0 radical (unpaired) electrons. The molecule has 56 heavy (non-hydrogen) atoms. The van der Waals surface area contributed by atoms with Crippen LogP contribution in [0.4, 0.5) is 0 Å². The number of nitrogens with zero attached hydrogens (tertiary/aromatic N) is 12. The van der Waals surface area contributed by atoms with E-state index in [0.717, 1.165) is 45.6 Å². The lowest BCUT2D eigenvalue weighted by atomic mass is 10.2. The Morgan fingerprint density at radius 2 is 0.679 bits per heavy atom. The molecule has 0 unspecified atom stereocenters. The van der Waals surface area contributed by atoms with E-state index in [1.807, 2.05) is 86.6 Å². The maximum atomic E-state index is 5.86. The van der Waals surface area contributed by atoms with Crippen LogP contribution in [-0.4, -0.2) is 89.6 Å². The fourth-order valence-electron chi connectivity index (χ4n) is 4.47. The Hall–Kier alpha value is -6.86. The molecular formula is C36H50N16O4. The number of nitrogens with two attached hydrogens (primary N) is 4. The predicted molar refractivity (Wildman–Crippen MR) is 211 cm³/mol. The van der Waals surface area contributed by atoms with Gasteiger partial charge in [0.2, 0.25) is 23.3 Å². The lowest BCUT2D eigenvalue weighted by molar-refractivity contribution is 0.0510. The van der Waals surface area contributed by atoms with Crippen molar-refractivity contribution in [1.29, 1.82) is 0 Å². The van der Waals surface area contributed by atoms with Gasteiger partial charge in [0, 0.05) is 57.0 Å². The van der Waals surface area contributed by atoms with E-state index in [4.69, 9.17) is 42.3 Å². The maximum Gasteiger partial charge on any atom is 0.208 e. The molecule has 20 heteroatoms. The van der Waals surface area contributed by atoms with Gasteiger partial charge in [-0.2, -0.15) is 0 Å². The molecule has 0 saturated carbocycles. The molecule has 4 aromatic heterocycles. The zero-order valence-corrected chi connectivity index (χ0v) is 33.2. The van der Waals surface area contributed by atoms with Crippen LogP contribution in [0.15, 0.2) is 57.0 Å². The fraction of sp³-hybridized carbons (Fsp3) is 0.389. The summed E-state index contributed by atoms with van der Waals surface area (Å²) in [6.07, 6.45) is 0. The van der Waals surface area contributed by atoms with Gasteiger partial charge >= 0.3 is 0 Å². The van der Waals surface area contributed by atoms with E-state index >= 15 is 0 Å². The van der Waals surface area contributed by atoms with Crippen molar-refractivity contribution in [1.82, 2.24) is 39.9 Å². The van der Waals surface area contributed by atoms with E-state index in [-0.39, 0.29) is 55.7 Å². The van der Waals surface area contributed by atoms with Gasteiger partial charge in [-0.15, -0.1) is 0 Å². The molecule has 0 amide bonds. The summed E-state index contributed by atoms with van der Waals surface area (Å²) in [5.74, 6) is 1.69. The van der Waals surface area contributed by atoms with E-state index in [2.05, 4.69) is 67.1 Å². The normalized spacial score (nSPS) is 12.7. The second kappa shape index (κ2) is 21.1. The molecule has 0 saturated heterocycles. The second-order valence-electron chi connectivity index (χ2n) is 12.8. The van der Waals surface area contributed by atoms with Crippen molar-refractivity contribution in [3.05, 3.63) is 105 Å². The lowest BCUT2D eigenvalue weighted by Crippen LogP contribution is -2.20. The number of oxime groups is 4. The number of aryl methyl sites for hydroxylation is 8.